The Morgan fingerprint density at radius 2 is 1.89 bits per heavy atom. The van der Waals surface area contributed by atoms with Gasteiger partial charge in [-0.25, -0.2) is 0 Å². The molecule has 0 unspecified atom stereocenters. The van der Waals surface area contributed by atoms with Crippen molar-refractivity contribution in [3.05, 3.63) is 70.6 Å². The van der Waals surface area contributed by atoms with Crippen molar-refractivity contribution < 1.29 is 14.3 Å². The van der Waals surface area contributed by atoms with Gasteiger partial charge in [0.05, 0.1) is 11.0 Å². The SMILES string of the molecule is CC[C@@H](C)Oc1ccc(/C=C2\SC(=S)N(NC(=O)c3ccccc3)C2=O)cc1. The third kappa shape index (κ3) is 4.79. The Morgan fingerprint density at radius 1 is 1.21 bits per heavy atom. The van der Waals surface area contributed by atoms with E-state index < -0.39 is 0 Å². The number of carbonyl (C=O) groups excluding carboxylic acids is 2. The van der Waals surface area contributed by atoms with E-state index in [1.54, 1.807) is 30.3 Å². The van der Waals surface area contributed by atoms with Crippen molar-refractivity contribution in [2.75, 3.05) is 0 Å². The first-order valence-electron chi connectivity index (χ1n) is 8.88. The number of hydrogen-bond acceptors (Lipinski definition) is 5. The summed E-state index contributed by atoms with van der Waals surface area (Å²) in [7, 11) is 0. The fourth-order valence-electron chi connectivity index (χ4n) is 2.43. The molecule has 2 amide bonds. The highest BCUT2D eigenvalue weighted by Gasteiger charge is 2.33. The molecule has 144 valence electrons. The van der Waals surface area contributed by atoms with E-state index in [0.29, 0.717) is 10.5 Å². The zero-order valence-corrected chi connectivity index (χ0v) is 17.2. The van der Waals surface area contributed by atoms with E-state index in [-0.39, 0.29) is 22.2 Å². The summed E-state index contributed by atoms with van der Waals surface area (Å²) in [5, 5.41) is 1.11. The molecule has 28 heavy (non-hydrogen) atoms. The van der Waals surface area contributed by atoms with Crippen molar-refractivity contribution in [2.24, 2.45) is 0 Å². The number of nitrogens with one attached hydrogen (secondary N) is 1. The zero-order chi connectivity index (χ0) is 20.1. The first-order valence-corrected chi connectivity index (χ1v) is 10.1. The van der Waals surface area contributed by atoms with Gasteiger partial charge < -0.3 is 4.74 Å². The summed E-state index contributed by atoms with van der Waals surface area (Å²) in [4.78, 5) is 25.4. The van der Waals surface area contributed by atoms with Crippen molar-refractivity contribution >= 4 is 46.2 Å². The maximum Gasteiger partial charge on any atom is 0.285 e. The molecule has 0 aromatic heterocycles. The van der Waals surface area contributed by atoms with Gasteiger partial charge in [-0.3, -0.25) is 15.0 Å². The van der Waals surface area contributed by atoms with Crippen LogP contribution in [0.2, 0.25) is 0 Å². The van der Waals surface area contributed by atoms with Gasteiger partial charge in [0.2, 0.25) is 0 Å². The molecule has 2 aromatic rings. The predicted molar refractivity (Wildman–Crippen MR) is 116 cm³/mol. The monoisotopic (exact) mass is 412 g/mol. The number of hydrogen-bond donors (Lipinski definition) is 1. The van der Waals surface area contributed by atoms with E-state index in [1.165, 1.54) is 0 Å². The average molecular weight is 413 g/mol. The normalized spacial score (nSPS) is 16.4. The number of nitrogens with zero attached hydrogens (tertiary/aromatic N) is 1. The molecule has 0 spiro atoms. The van der Waals surface area contributed by atoms with Crippen LogP contribution in [0, 0.1) is 0 Å². The molecule has 0 saturated carbocycles. The third-order valence-corrected chi connectivity index (χ3v) is 5.44. The number of carbonyl (C=O) groups is 2. The quantitative estimate of drug-likeness (QED) is 0.563. The minimum atomic E-state index is -0.385. The number of hydrazine groups is 1. The van der Waals surface area contributed by atoms with Gasteiger partial charge in [-0.2, -0.15) is 5.01 Å². The first-order chi connectivity index (χ1) is 13.5. The van der Waals surface area contributed by atoms with Gasteiger partial charge >= 0.3 is 0 Å². The molecular weight excluding hydrogens is 392 g/mol. The standard InChI is InChI=1S/C21H20N2O3S2/c1-3-14(2)26-17-11-9-15(10-12-17)13-18-20(25)23(21(27)28-18)22-19(24)16-7-5-4-6-8-16/h4-14H,3H2,1-2H3,(H,22,24)/b18-13-/t14-/m1/s1. The predicted octanol–water partition coefficient (Wildman–Crippen LogP) is 4.41. The van der Waals surface area contributed by atoms with Crippen LogP contribution in [0.1, 0.15) is 36.2 Å². The van der Waals surface area contributed by atoms with Crippen molar-refractivity contribution in [1.29, 1.82) is 0 Å². The second kappa shape index (κ2) is 9.03. The molecule has 1 heterocycles. The molecule has 7 heteroatoms. The number of rotatable bonds is 6. The fraction of sp³-hybridized carbons (Fsp3) is 0.190. The molecule has 3 rings (SSSR count). The van der Waals surface area contributed by atoms with Crippen LogP contribution in [-0.2, 0) is 4.79 Å². The van der Waals surface area contributed by atoms with Gasteiger partial charge in [-0.05, 0) is 61.5 Å². The molecule has 1 aliphatic heterocycles. The van der Waals surface area contributed by atoms with Gasteiger partial charge in [0.1, 0.15) is 5.75 Å². The molecule has 0 bridgehead atoms. The molecule has 5 nitrogen and oxygen atoms in total. The van der Waals surface area contributed by atoms with Gasteiger partial charge in [0.15, 0.2) is 4.32 Å². The van der Waals surface area contributed by atoms with E-state index in [9.17, 15) is 9.59 Å². The lowest BCUT2D eigenvalue weighted by Crippen LogP contribution is -2.44. The Bertz CT molecular complexity index is 911. The summed E-state index contributed by atoms with van der Waals surface area (Å²) in [6.45, 7) is 4.08. The lowest BCUT2D eigenvalue weighted by Gasteiger charge is -2.15. The summed E-state index contributed by atoms with van der Waals surface area (Å²) < 4.78 is 6.05. The number of thiocarbonyl (C=S) groups is 1. The van der Waals surface area contributed by atoms with E-state index >= 15 is 0 Å². The smallest absolute Gasteiger partial charge is 0.285 e. The lowest BCUT2D eigenvalue weighted by atomic mass is 10.2. The van der Waals surface area contributed by atoms with Crippen molar-refractivity contribution in [3.8, 4) is 5.75 Å². The molecule has 0 aliphatic carbocycles. The maximum absolute atomic E-state index is 12.6. The summed E-state index contributed by atoms with van der Waals surface area (Å²) in [6.07, 6.45) is 2.83. The van der Waals surface area contributed by atoms with E-state index in [2.05, 4.69) is 12.3 Å². The van der Waals surface area contributed by atoms with Crippen LogP contribution in [0.5, 0.6) is 5.75 Å². The van der Waals surface area contributed by atoms with Crippen LogP contribution in [0.4, 0.5) is 0 Å². The number of thioether (sulfide) groups is 1. The number of amides is 2. The largest absolute Gasteiger partial charge is 0.491 e. The van der Waals surface area contributed by atoms with Gasteiger partial charge in [0, 0.05) is 5.56 Å². The molecule has 2 aromatic carbocycles. The van der Waals surface area contributed by atoms with E-state index in [4.69, 9.17) is 17.0 Å². The zero-order valence-electron chi connectivity index (χ0n) is 15.5. The Hall–Kier alpha value is -2.64. The second-order valence-corrected chi connectivity index (χ2v) is 7.91. The maximum atomic E-state index is 12.6. The molecule has 0 radical (unpaired) electrons. The van der Waals surface area contributed by atoms with Crippen molar-refractivity contribution in [1.82, 2.24) is 10.4 Å². The molecule has 1 aliphatic rings. The minimum absolute atomic E-state index is 0.148. The number of ether oxygens (including phenoxy) is 1. The highest BCUT2D eigenvalue weighted by Crippen LogP contribution is 2.31. The summed E-state index contributed by atoms with van der Waals surface area (Å²) in [5.41, 5.74) is 3.88. The first kappa shape index (κ1) is 20.1. The fourth-order valence-corrected chi connectivity index (χ4v) is 3.61. The Balaban J connectivity index is 1.69. The molecule has 1 saturated heterocycles. The lowest BCUT2D eigenvalue weighted by molar-refractivity contribution is -0.123. The van der Waals surface area contributed by atoms with Crippen LogP contribution in [-0.4, -0.2) is 27.2 Å². The topological polar surface area (TPSA) is 58.6 Å². The molecule has 1 fully saturated rings. The van der Waals surface area contributed by atoms with E-state index in [1.807, 2.05) is 37.3 Å². The minimum Gasteiger partial charge on any atom is -0.491 e. The summed E-state index contributed by atoms with van der Waals surface area (Å²) in [6, 6.07) is 16.2. The van der Waals surface area contributed by atoms with Crippen molar-refractivity contribution in [2.45, 2.75) is 26.4 Å². The molecular formula is C21H20N2O3S2. The molecule has 1 N–H and O–H groups in total. The van der Waals surface area contributed by atoms with Crippen LogP contribution < -0.4 is 10.2 Å². The summed E-state index contributed by atoms with van der Waals surface area (Å²) >= 11 is 6.41. The molecule has 1 atom stereocenters. The van der Waals surface area contributed by atoms with Crippen LogP contribution in [0.3, 0.4) is 0 Å². The van der Waals surface area contributed by atoms with Gasteiger partial charge in [-0.1, -0.05) is 49.0 Å². The Morgan fingerprint density at radius 3 is 2.54 bits per heavy atom. The summed E-state index contributed by atoms with van der Waals surface area (Å²) in [5.74, 6) is 0.0538. The van der Waals surface area contributed by atoms with E-state index in [0.717, 1.165) is 34.5 Å². The Labute approximate surface area is 173 Å². The van der Waals surface area contributed by atoms with Crippen LogP contribution in [0.15, 0.2) is 59.5 Å². The highest BCUT2D eigenvalue weighted by molar-refractivity contribution is 8.26. The number of benzene rings is 2. The highest BCUT2D eigenvalue weighted by atomic mass is 32.2. The second-order valence-electron chi connectivity index (χ2n) is 6.23. The average Bonchev–Trinajstić information content (AvgIpc) is 2.97. The van der Waals surface area contributed by atoms with Gasteiger partial charge in [0.25, 0.3) is 11.8 Å². The van der Waals surface area contributed by atoms with Gasteiger partial charge in [-0.15, -0.1) is 0 Å². The third-order valence-electron chi connectivity index (χ3n) is 4.13. The van der Waals surface area contributed by atoms with Crippen molar-refractivity contribution in [3.63, 3.8) is 0 Å². The van der Waals surface area contributed by atoms with Crippen LogP contribution >= 0.6 is 24.0 Å². The van der Waals surface area contributed by atoms with Crippen LogP contribution in [0.25, 0.3) is 6.08 Å². The Kier molecular flexibility index (Phi) is 6.49.